The highest BCUT2D eigenvalue weighted by molar-refractivity contribution is 6.02. The van der Waals surface area contributed by atoms with Gasteiger partial charge < -0.3 is 15.6 Å². The summed E-state index contributed by atoms with van der Waals surface area (Å²) >= 11 is 0. The molecule has 0 aliphatic heterocycles. The highest BCUT2D eigenvalue weighted by Crippen LogP contribution is 2.33. The van der Waals surface area contributed by atoms with Crippen LogP contribution in [0.15, 0.2) is 10.9 Å². The number of rotatable bonds is 5. The lowest BCUT2D eigenvalue weighted by molar-refractivity contribution is 0.0910. The smallest absolute Gasteiger partial charge is 0.261 e. The molecule has 0 atom stereocenters. The van der Waals surface area contributed by atoms with Gasteiger partial charge in [0.1, 0.15) is 5.56 Å². The Morgan fingerprint density at radius 1 is 1.27 bits per heavy atom. The summed E-state index contributed by atoms with van der Waals surface area (Å²) in [5, 5.41) is 5.69. The van der Waals surface area contributed by atoms with E-state index in [0.717, 1.165) is 13.0 Å². The fourth-order valence-electron chi connectivity index (χ4n) is 2.76. The van der Waals surface area contributed by atoms with Gasteiger partial charge in [-0.2, -0.15) is 0 Å². The average Bonchev–Trinajstić information content (AvgIpc) is 2.41. The monoisotopic (exact) mass is 305 g/mol. The third-order valence-electron chi connectivity index (χ3n) is 3.85. The van der Waals surface area contributed by atoms with Gasteiger partial charge in [0.2, 0.25) is 0 Å². The molecule has 1 aromatic rings. The molecule has 3 N–H and O–H groups in total. The topological polar surface area (TPSA) is 91.1 Å². The fourth-order valence-corrected chi connectivity index (χ4v) is 2.76. The molecule has 1 heterocycles. The number of carbonyl (C=O) groups is 2. The van der Waals surface area contributed by atoms with Crippen LogP contribution in [0.4, 0.5) is 0 Å². The number of hydrogen-bond donors (Lipinski definition) is 3. The number of aromatic nitrogens is 1. The van der Waals surface area contributed by atoms with E-state index in [1.54, 1.807) is 0 Å². The van der Waals surface area contributed by atoms with Crippen LogP contribution in [0.2, 0.25) is 0 Å². The summed E-state index contributed by atoms with van der Waals surface area (Å²) in [4.78, 5) is 39.1. The first kappa shape index (κ1) is 16.4. The molecule has 0 spiro atoms. The Hall–Kier alpha value is -1.95. The molecule has 0 unspecified atom stereocenters. The van der Waals surface area contributed by atoms with E-state index >= 15 is 0 Å². The molecule has 1 amide bonds. The number of ketones is 1. The van der Waals surface area contributed by atoms with Crippen molar-refractivity contribution in [2.45, 2.75) is 33.1 Å². The normalized spacial score (nSPS) is 16.2. The number of aromatic amines is 1. The molecule has 0 aromatic carbocycles. The van der Waals surface area contributed by atoms with E-state index in [-0.39, 0.29) is 16.8 Å². The van der Waals surface area contributed by atoms with Gasteiger partial charge in [0.25, 0.3) is 11.5 Å². The van der Waals surface area contributed by atoms with Crippen molar-refractivity contribution in [3.8, 4) is 0 Å². The lowest BCUT2D eigenvalue weighted by Gasteiger charge is -2.29. The van der Waals surface area contributed by atoms with Crippen molar-refractivity contribution in [3.63, 3.8) is 0 Å². The number of fused-ring (bicyclic) bond motifs is 1. The van der Waals surface area contributed by atoms with Gasteiger partial charge in [-0.05, 0) is 37.9 Å². The first-order valence-corrected chi connectivity index (χ1v) is 7.56. The highest BCUT2D eigenvalue weighted by atomic mass is 16.2. The molecule has 0 radical (unpaired) electrons. The molecule has 0 saturated heterocycles. The van der Waals surface area contributed by atoms with Gasteiger partial charge >= 0.3 is 0 Å². The SMILES string of the molecule is CNCCCNC(=O)c1cc2c([nH]c1=O)CC(C)(C)CC2=O. The Morgan fingerprint density at radius 3 is 2.68 bits per heavy atom. The number of Topliss-reactive ketones (excluding diaryl/α,β-unsaturated/α-hetero) is 1. The minimum Gasteiger partial charge on any atom is -0.352 e. The van der Waals surface area contributed by atoms with Crippen molar-refractivity contribution in [3.05, 3.63) is 33.2 Å². The van der Waals surface area contributed by atoms with Crippen molar-refractivity contribution in [1.29, 1.82) is 0 Å². The lowest BCUT2D eigenvalue weighted by atomic mass is 9.75. The van der Waals surface area contributed by atoms with Crippen molar-refractivity contribution in [2.24, 2.45) is 5.41 Å². The van der Waals surface area contributed by atoms with E-state index in [9.17, 15) is 14.4 Å². The van der Waals surface area contributed by atoms with Crippen LogP contribution in [0.1, 0.15) is 53.1 Å². The van der Waals surface area contributed by atoms with Crippen molar-refractivity contribution in [1.82, 2.24) is 15.6 Å². The van der Waals surface area contributed by atoms with E-state index in [2.05, 4.69) is 15.6 Å². The van der Waals surface area contributed by atoms with E-state index < -0.39 is 11.5 Å². The Balaban J connectivity index is 2.22. The predicted octanol–water partition coefficient (Wildman–Crippen LogP) is 0.869. The second-order valence-electron chi connectivity index (χ2n) is 6.56. The molecule has 1 aliphatic carbocycles. The molecular weight excluding hydrogens is 282 g/mol. The second-order valence-corrected chi connectivity index (χ2v) is 6.56. The quantitative estimate of drug-likeness (QED) is 0.704. The Kier molecular flexibility index (Phi) is 4.81. The number of H-pyrrole nitrogens is 1. The van der Waals surface area contributed by atoms with Crippen LogP contribution in [0.5, 0.6) is 0 Å². The zero-order valence-electron chi connectivity index (χ0n) is 13.3. The lowest BCUT2D eigenvalue weighted by Crippen LogP contribution is -2.35. The Labute approximate surface area is 129 Å². The van der Waals surface area contributed by atoms with Gasteiger partial charge in [-0.25, -0.2) is 0 Å². The molecule has 22 heavy (non-hydrogen) atoms. The molecule has 6 heteroatoms. The molecule has 6 nitrogen and oxygen atoms in total. The van der Waals surface area contributed by atoms with E-state index in [4.69, 9.17) is 0 Å². The summed E-state index contributed by atoms with van der Waals surface area (Å²) in [5.74, 6) is -0.454. The summed E-state index contributed by atoms with van der Waals surface area (Å²) in [6.07, 6.45) is 1.83. The molecule has 1 aliphatic rings. The van der Waals surface area contributed by atoms with Crippen LogP contribution in [-0.4, -0.2) is 36.8 Å². The highest BCUT2D eigenvalue weighted by Gasteiger charge is 2.32. The zero-order chi connectivity index (χ0) is 16.3. The molecule has 0 fully saturated rings. The van der Waals surface area contributed by atoms with Gasteiger partial charge in [0, 0.05) is 24.2 Å². The summed E-state index contributed by atoms with van der Waals surface area (Å²) in [6, 6.07) is 1.44. The third kappa shape index (κ3) is 3.62. The number of pyridine rings is 1. The fraction of sp³-hybridized carbons (Fsp3) is 0.562. The summed E-state index contributed by atoms with van der Waals surface area (Å²) < 4.78 is 0. The molecule has 2 rings (SSSR count). The summed E-state index contributed by atoms with van der Waals surface area (Å²) in [5.41, 5.74) is 0.521. The van der Waals surface area contributed by atoms with Gasteiger partial charge in [0.05, 0.1) is 0 Å². The number of hydrogen-bond acceptors (Lipinski definition) is 4. The van der Waals surface area contributed by atoms with Gasteiger partial charge in [0.15, 0.2) is 5.78 Å². The Bertz CT molecular complexity index is 647. The van der Waals surface area contributed by atoms with Crippen LogP contribution in [0, 0.1) is 5.41 Å². The number of amides is 1. The van der Waals surface area contributed by atoms with Crippen LogP contribution in [0.25, 0.3) is 0 Å². The van der Waals surface area contributed by atoms with Crippen LogP contribution < -0.4 is 16.2 Å². The maximum atomic E-state index is 12.2. The molecule has 120 valence electrons. The van der Waals surface area contributed by atoms with Crippen LogP contribution in [0.3, 0.4) is 0 Å². The standard InChI is InChI=1S/C16H23N3O3/c1-16(2)8-12-10(13(20)9-16)7-11(15(22)19-12)14(21)18-6-4-5-17-3/h7,17H,4-6,8-9H2,1-3H3,(H,18,21)(H,19,22). The van der Waals surface area contributed by atoms with Crippen molar-refractivity contribution >= 4 is 11.7 Å². The number of carbonyl (C=O) groups excluding carboxylic acids is 2. The van der Waals surface area contributed by atoms with Gasteiger partial charge in [-0.15, -0.1) is 0 Å². The minimum absolute atomic E-state index is 0.0104. The second kappa shape index (κ2) is 6.44. The van der Waals surface area contributed by atoms with Crippen molar-refractivity contribution < 1.29 is 9.59 Å². The third-order valence-corrected chi connectivity index (χ3v) is 3.85. The zero-order valence-corrected chi connectivity index (χ0v) is 13.3. The maximum Gasteiger partial charge on any atom is 0.261 e. The van der Waals surface area contributed by atoms with Gasteiger partial charge in [-0.3, -0.25) is 14.4 Å². The summed E-state index contributed by atoms with van der Waals surface area (Å²) in [7, 11) is 1.84. The molecular formula is C16H23N3O3. The largest absolute Gasteiger partial charge is 0.352 e. The number of nitrogens with one attached hydrogen (secondary N) is 3. The summed E-state index contributed by atoms with van der Waals surface area (Å²) in [6.45, 7) is 5.26. The predicted molar refractivity (Wildman–Crippen MR) is 84.4 cm³/mol. The van der Waals surface area contributed by atoms with Crippen LogP contribution >= 0.6 is 0 Å². The first-order valence-electron chi connectivity index (χ1n) is 7.56. The van der Waals surface area contributed by atoms with Gasteiger partial charge in [-0.1, -0.05) is 13.8 Å². The molecule has 0 bridgehead atoms. The van der Waals surface area contributed by atoms with E-state index in [0.29, 0.717) is 30.6 Å². The van der Waals surface area contributed by atoms with Crippen molar-refractivity contribution in [2.75, 3.05) is 20.1 Å². The van der Waals surface area contributed by atoms with E-state index in [1.165, 1.54) is 6.07 Å². The Morgan fingerprint density at radius 2 is 2.00 bits per heavy atom. The average molecular weight is 305 g/mol. The molecule has 0 saturated carbocycles. The van der Waals surface area contributed by atoms with Crippen LogP contribution in [-0.2, 0) is 6.42 Å². The first-order chi connectivity index (χ1) is 10.3. The molecule has 1 aromatic heterocycles. The van der Waals surface area contributed by atoms with E-state index in [1.807, 2.05) is 20.9 Å². The maximum absolute atomic E-state index is 12.2. The minimum atomic E-state index is -0.435.